The smallest absolute Gasteiger partial charge is 0.269 e. The molecule has 0 atom stereocenters. The zero-order valence-electron chi connectivity index (χ0n) is 13.5. The van der Waals surface area contributed by atoms with Gasteiger partial charge in [0.2, 0.25) is 5.78 Å². The van der Waals surface area contributed by atoms with Gasteiger partial charge in [-0.05, 0) is 36.4 Å². The highest BCUT2D eigenvalue weighted by molar-refractivity contribution is 6.51. The largest absolute Gasteiger partial charge is 0.287 e. The number of carbonyl (C=O) groups is 1. The molecule has 0 aliphatic heterocycles. The summed E-state index contributed by atoms with van der Waals surface area (Å²) in [6, 6.07) is 21.3. The molecule has 0 radical (unpaired) electrons. The minimum absolute atomic E-state index is 0.0745. The molecule has 0 bridgehead atoms. The molecule has 0 saturated heterocycles. The van der Waals surface area contributed by atoms with Gasteiger partial charge >= 0.3 is 0 Å². The van der Waals surface area contributed by atoms with Gasteiger partial charge in [0.25, 0.3) is 5.69 Å². The Labute approximate surface area is 154 Å². The van der Waals surface area contributed by atoms with Crippen molar-refractivity contribution >= 4 is 34.5 Å². The number of nitro groups is 1. The van der Waals surface area contributed by atoms with Crippen molar-refractivity contribution in [2.75, 3.05) is 0 Å². The molecular formula is C20H13ClN2O3. The van der Waals surface area contributed by atoms with Crippen LogP contribution in [0, 0.1) is 10.1 Å². The molecule has 6 heteroatoms. The van der Waals surface area contributed by atoms with E-state index in [-0.39, 0.29) is 17.2 Å². The summed E-state index contributed by atoms with van der Waals surface area (Å²) in [7, 11) is 0. The molecule has 0 N–H and O–H groups in total. The van der Waals surface area contributed by atoms with Crippen molar-refractivity contribution in [3.63, 3.8) is 0 Å². The first-order valence-corrected chi connectivity index (χ1v) is 8.11. The number of para-hydroxylation sites is 1. The van der Waals surface area contributed by atoms with Gasteiger partial charge in [0.15, 0.2) is 0 Å². The van der Waals surface area contributed by atoms with E-state index < -0.39 is 4.92 Å². The van der Waals surface area contributed by atoms with E-state index in [1.165, 1.54) is 24.3 Å². The average Bonchev–Trinajstić information content (AvgIpc) is 2.67. The lowest BCUT2D eigenvalue weighted by atomic mass is 10.00. The van der Waals surface area contributed by atoms with E-state index in [0.717, 1.165) is 0 Å². The first kappa shape index (κ1) is 17.5. The number of Topliss-reactive ketones (excluding diaryl/α,β-unsaturated/α-hetero) is 1. The van der Waals surface area contributed by atoms with Gasteiger partial charge in [-0.2, -0.15) is 0 Å². The van der Waals surface area contributed by atoms with Crippen LogP contribution in [0.15, 0.2) is 83.9 Å². The number of non-ortho nitro benzene ring substituents is 1. The maximum Gasteiger partial charge on any atom is 0.269 e. The molecule has 0 amide bonds. The molecule has 3 aromatic rings. The first-order chi connectivity index (χ1) is 12.5. The second-order valence-corrected chi connectivity index (χ2v) is 5.87. The Hall–Kier alpha value is -3.31. The number of nitro benzene ring substituents is 1. The lowest BCUT2D eigenvalue weighted by Crippen LogP contribution is -2.15. The van der Waals surface area contributed by atoms with Gasteiger partial charge in [-0.15, -0.1) is 0 Å². The summed E-state index contributed by atoms with van der Waals surface area (Å²) in [6.07, 6.45) is 0. The molecule has 0 aliphatic rings. The van der Waals surface area contributed by atoms with E-state index in [9.17, 15) is 14.9 Å². The molecule has 3 aromatic carbocycles. The van der Waals surface area contributed by atoms with Crippen LogP contribution in [0.25, 0.3) is 0 Å². The number of hydrogen-bond donors (Lipinski definition) is 0. The molecule has 0 saturated carbocycles. The molecule has 0 unspecified atom stereocenters. The second-order valence-electron chi connectivity index (χ2n) is 5.44. The fourth-order valence-electron chi connectivity index (χ4n) is 2.36. The minimum Gasteiger partial charge on any atom is -0.287 e. The number of hydrogen-bond acceptors (Lipinski definition) is 4. The van der Waals surface area contributed by atoms with E-state index in [4.69, 9.17) is 11.6 Å². The first-order valence-electron chi connectivity index (χ1n) is 7.73. The van der Waals surface area contributed by atoms with Crippen molar-refractivity contribution in [1.29, 1.82) is 0 Å². The average molecular weight is 365 g/mol. The fraction of sp³-hybridized carbons (Fsp3) is 0. The third-order valence-electron chi connectivity index (χ3n) is 3.67. The van der Waals surface area contributed by atoms with Crippen molar-refractivity contribution in [3.05, 3.63) is 105 Å². The zero-order valence-corrected chi connectivity index (χ0v) is 14.3. The quantitative estimate of drug-likeness (QED) is 0.268. The predicted octanol–water partition coefficient (Wildman–Crippen LogP) is 5.25. The molecule has 0 spiro atoms. The van der Waals surface area contributed by atoms with Crippen molar-refractivity contribution in [1.82, 2.24) is 0 Å². The van der Waals surface area contributed by atoms with Crippen LogP contribution < -0.4 is 0 Å². The minimum atomic E-state index is -0.508. The van der Waals surface area contributed by atoms with Gasteiger partial charge in [0.05, 0.1) is 10.6 Å². The Morgan fingerprint density at radius 2 is 1.42 bits per heavy atom. The molecular weight excluding hydrogens is 352 g/mol. The Morgan fingerprint density at radius 1 is 0.846 bits per heavy atom. The Kier molecular flexibility index (Phi) is 5.20. The van der Waals surface area contributed by atoms with Gasteiger partial charge in [0, 0.05) is 28.3 Å². The summed E-state index contributed by atoms with van der Waals surface area (Å²) in [5.74, 6) is -0.328. The standard InChI is InChI=1S/C20H13ClN2O3/c21-16-10-6-14(7-11-16)19(22-17-4-2-1-3-5-17)20(24)15-8-12-18(13-9-15)23(25)26/h1-13H. The number of carbonyl (C=O) groups excluding carboxylic acids is 1. The van der Waals surface area contributed by atoms with Crippen LogP contribution in [0.3, 0.4) is 0 Å². The number of nitrogens with zero attached hydrogens (tertiary/aromatic N) is 2. The zero-order chi connectivity index (χ0) is 18.5. The highest BCUT2D eigenvalue weighted by Gasteiger charge is 2.18. The lowest BCUT2D eigenvalue weighted by molar-refractivity contribution is -0.384. The molecule has 128 valence electrons. The second kappa shape index (κ2) is 7.72. The number of aliphatic imine (C=N–C) groups is 1. The van der Waals surface area contributed by atoms with Crippen molar-refractivity contribution in [3.8, 4) is 0 Å². The van der Waals surface area contributed by atoms with E-state index >= 15 is 0 Å². The van der Waals surface area contributed by atoms with Crippen LogP contribution in [0.4, 0.5) is 11.4 Å². The number of benzene rings is 3. The SMILES string of the molecule is O=C(C(=Nc1ccccc1)c1ccc(Cl)cc1)c1ccc([N+](=O)[O-])cc1. The third kappa shape index (κ3) is 4.02. The maximum atomic E-state index is 13.0. The Morgan fingerprint density at radius 3 is 2.00 bits per heavy atom. The molecule has 0 aliphatic carbocycles. The molecule has 26 heavy (non-hydrogen) atoms. The van der Waals surface area contributed by atoms with Crippen LogP contribution in [-0.4, -0.2) is 16.4 Å². The summed E-state index contributed by atoms with van der Waals surface area (Å²) in [6.45, 7) is 0. The summed E-state index contributed by atoms with van der Waals surface area (Å²) in [5, 5.41) is 11.3. The van der Waals surface area contributed by atoms with Crippen LogP contribution in [0.1, 0.15) is 15.9 Å². The Balaban J connectivity index is 2.05. The molecule has 5 nitrogen and oxygen atoms in total. The van der Waals surface area contributed by atoms with Gasteiger partial charge in [0.1, 0.15) is 5.71 Å². The van der Waals surface area contributed by atoms with Gasteiger partial charge in [-0.3, -0.25) is 14.9 Å². The molecule has 0 aromatic heterocycles. The van der Waals surface area contributed by atoms with Gasteiger partial charge in [-0.25, -0.2) is 4.99 Å². The molecule has 3 rings (SSSR count). The number of rotatable bonds is 5. The monoisotopic (exact) mass is 364 g/mol. The third-order valence-corrected chi connectivity index (χ3v) is 3.92. The highest BCUT2D eigenvalue weighted by atomic mass is 35.5. The van der Waals surface area contributed by atoms with Crippen molar-refractivity contribution in [2.45, 2.75) is 0 Å². The van der Waals surface area contributed by atoms with Crippen molar-refractivity contribution < 1.29 is 9.72 Å². The lowest BCUT2D eigenvalue weighted by Gasteiger charge is -2.07. The van der Waals surface area contributed by atoms with E-state index in [1.807, 2.05) is 18.2 Å². The van der Waals surface area contributed by atoms with Crippen LogP contribution in [-0.2, 0) is 0 Å². The van der Waals surface area contributed by atoms with Gasteiger partial charge < -0.3 is 0 Å². The summed E-state index contributed by atoms with van der Waals surface area (Å²) in [5.41, 5.74) is 1.73. The topological polar surface area (TPSA) is 72.6 Å². The van der Waals surface area contributed by atoms with Crippen LogP contribution in [0.2, 0.25) is 5.02 Å². The molecule has 0 heterocycles. The summed E-state index contributed by atoms with van der Waals surface area (Å²) in [4.78, 5) is 27.8. The van der Waals surface area contributed by atoms with E-state index in [2.05, 4.69) is 4.99 Å². The van der Waals surface area contributed by atoms with E-state index in [1.54, 1.807) is 36.4 Å². The van der Waals surface area contributed by atoms with Crippen LogP contribution in [0.5, 0.6) is 0 Å². The fourth-order valence-corrected chi connectivity index (χ4v) is 2.48. The number of halogens is 1. The Bertz CT molecular complexity index is 966. The molecule has 0 fully saturated rings. The van der Waals surface area contributed by atoms with Crippen LogP contribution >= 0.6 is 11.6 Å². The number of ketones is 1. The predicted molar refractivity (Wildman–Crippen MR) is 102 cm³/mol. The van der Waals surface area contributed by atoms with Gasteiger partial charge in [-0.1, -0.05) is 41.9 Å². The summed E-state index contributed by atoms with van der Waals surface area (Å²) < 4.78 is 0. The van der Waals surface area contributed by atoms with E-state index in [0.29, 0.717) is 21.8 Å². The summed E-state index contributed by atoms with van der Waals surface area (Å²) >= 11 is 5.93. The maximum absolute atomic E-state index is 13.0. The normalized spacial score (nSPS) is 11.2. The van der Waals surface area contributed by atoms with Crippen molar-refractivity contribution in [2.24, 2.45) is 4.99 Å². The highest BCUT2D eigenvalue weighted by Crippen LogP contribution is 2.19.